The SMILES string of the molecule is CN1CCC(N(C)C(=O)C(C)(N)c2ccccc2)CC1. The van der Waals surface area contributed by atoms with Gasteiger partial charge in [-0.05, 0) is 45.5 Å². The highest BCUT2D eigenvalue weighted by molar-refractivity contribution is 5.87. The largest absolute Gasteiger partial charge is 0.341 e. The lowest BCUT2D eigenvalue weighted by atomic mass is 9.90. The molecule has 1 aliphatic heterocycles. The van der Waals surface area contributed by atoms with E-state index in [1.807, 2.05) is 42.3 Å². The fourth-order valence-electron chi connectivity index (χ4n) is 2.82. The van der Waals surface area contributed by atoms with Crippen LogP contribution in [0.3, 0.4) is 0 Å². The Morgan fingerprint density at radius 1 is 1.30 bits per heavy atom. The maximum atomic E-state index is 12.7. The Labute approximate surface area is 121 Å². The molecule has 1 unspecified atom stereocenters. The third kappa shape index (κ3) is 3.02. The molecule has 0 spiro atoms. The second-order valence-corrected chi connectivity index (χ2v) is 6.02. The van der Waals surface area contributed by atoms with Gasteiger partial charge in [0.25, 0.3) is 0 Å². The average Bonchev–Trinajstić information content (AvgIpc) is 2.47. The van der Waals surface area contributed by atoms with E-state index in [2.05, 4.69) is 11.9 Å². The summed E-state index contributed by atoms with van der Waals surface area (Å²) in [5.74, 6) is -0.00162. The van der Waals surface area contributed by atoms with E-state index >= 15 is 0 Å². The van der Waals surface area contributed by atoms with Crippen molar-refractivity contribution in [2.75, 3.05) is 27.2 Å². The molecule has 0 saturated carbocycles. The van der Waals surface area contributed by atoms with Crippen LogP contribution in [0.1, 0.15) is 25.3 Å². The highest BCUT2D eigenvalue weighted by Gasteiger charge is 2.36. The fourth-order valence-corrected chi connectivity index (χ4v) is 2.82. The molecule has 2 rings (SSSR count). The molecule has 1 atom stereocenters. The van der Waals surface area contributed by atoms with Gasteiger partial charge >= 0.3 is 0 Å². The van der Waals surface area contributed by atoms with E-state index in [0.717, 1.165) is 31.5 Å². The van der Waals surface area contributed by atoms with E-state index in [0.29, 0.717) is 6.04 Å². The summed E-state index contributed by atoms with van der Waals surface area (Å²) < 4.78 is 0. The molecule has 20 heavy (non-hydrogen) atoms. The number of nitrogens with zero attached hydrogens (tertiary/aromatic N) is 2. The Morgan fingerprint density at radius 2 is 1.85 bits per heavy atom. The van der Waals surface area contributed by atoms with Crippen LogP contribution in [0.4, 0.5) is 0 Å². The van der Waals surface area contributed by atoms with Crippen LogP contribution in [-0.2, 0) is 10.3 Å². The van der Waals surface area contributed by atoms with Gasteiger partial charge in [-0.2, -0.15) is 0 Å². The Kier molecular flexibility index (Phi) is 4.45. The van der Waals surface area contributed by atoms with Crippen LogP contribution < -0.4 is 5.73 Å². The zero-order valence-electron chi connectivity index (χ0n) is 12.7. The van der Waals surface area contributed by atoms with E-state index in [1.54, 1.807) is 6.92 Å². The van der Waals surface area contributed by atoms with Crippen molar-refractivity contribution in [3.63, 3.8) is 0 Å². The Balaban J connectivity index is 2.10. The first-order chi connectivity index (χ1) is 9.43. The highest BCUT2D eigenvalue weighted by Crippen LogP contribution is 2.23. The minimum Gasteiger partial charge on any atom is -0.341 e. The number of hydrogen-bond acceptors (Lipinski definition) is 3. The van der Waals surface area contributed by atoms with Gasteiger partial charge in [0.05, 0.1) is 0 Å². The summed E-state index contributed by atoms with van der Waals surface area (Å²) >= 11 is 0. The van der Waals surface area contributed by atoms with Crippen molar-refractivity contribution in [3.05, 3.63) is 35.9 Å². The van der Waals surface area contributed by atoms with Crippen LogP contribution in [0.15, 0.2) is 30.3 Å². The zero-order chi connectivity index (χ0) is 14.8. The number of piperidine rings is 1. The van der Waals surface area contributed by atoms with Gasteiger partial charge in [0.2, 0.25) is 5.91 Å². The maximum Gasteiger partial charge on any atom is 0.246 e. The Hall–Kier alpha value is -1.39. The predicted octanol–water partition coefficient (Wildman–Crippen LogP) is 1.41. The number of likely N-dealkylation sites (N-methyl/N-ethyl adjacent to an activating group) is 1. The van der Waals surface area contributed by atoms with Gasteiger partial charge in [0.15, 0.2) is 0 Å². The smallest absolute Gasteiger partial charge is 0.246 e. The molecule has 1 heterocycles. The number of amides is 1. The van der Waals surface area contributed by atoms with Crippen LogP contribution >= 0.6 is 0 Å². The molecule has 1 saturated heterocycles. The average molecular weight is 275 g/mol. The third-order valence-electron chi connectivity index (χ3n) is 4.37. The van der Waals surface area contributed by atoms with Crippen molar-refractivity contribution in [2.24, 2.45) is 5.73 Å². The third-order valence-corrected chi connectivity index (χ3v) is 4.37. The van der Waals surface area contributed by atoms with Gasteiger partial charge in [-0.3, -0.25) is 4.79 Å². The molecule has 0 aliphatic carbocycles. The lowest BCUT2D eigenvalue weighted by Crippen LogP contribution is -2.54. The molecule has 1 aliphatic rings. The van der Waals surface area contributed by atoms with Crippen molar-refractivity contribution < 1.29 is 4.79 Å². The quantitative estimate of drug-likeness (QED) is 0.907. The molecule has 1 aromatic carbocycles. The second kappa shape index (κ2) is 5.94. The summed E-state index contributed by atoms with van der Waals surface area (Å²) in [7, 11) is 4.00. The summed E-state index contributed by atoms with van der Waals surface area (Å²) in [5.41, 5.74) is 6.22. The van der Waals surface area contributed by atoms with Gasteiger partial charge in [0.1, 0.15) is 5.54 Å². The van der Waals surface area contributed by atoms with Gasteiger partial charge in [0, 0.05) is 13.1 Å². The molecule has 110 valence electrons. The summed E-state index contributed by atoms with van der Waals surface area (Å²) in [6.45, 7) is 3.87. The highest BCUT2D eigenvalue weighted by atomic mass is 16.2. The number of carbonyl (C=O) groups is 1. The number of carbonyl (C=O) groups excluding carboxylic acids is 1. The van der Waals surface area contributed by atoms with Crippen molar-refractivity contribution in [1.82, 2.24) is 9.80 Å². The van der Waals surface area contributed by atoms with Crippen molar-refractivity contribution in [3.8, 4) is 0 Å². The van der Waals surface area contributed by atoms with Crippen molar-refractivity contribution >= 4 is 5.91 Å². The number of nitrogens with two attached hydrogens (primary N) is 1. The number of benzene rings is 1. The topological polar surface area (TPSA) is 49.6 Å². The van der Waals surface area contributed by atoms with E-state index < -0.39 is 5.54 Å². The lowest BCUT2D eigenvalue weighted by Gasteiger charge is -2.38. The molecule has 0 aromatic heterocycles. The van der Waals surface area contributed by atoms with E-state index in [9.17, 15) is 4.79 Å². The summed E-state index contributed by atoms with van der Waals surface area (Å²) in [5, 5.41) is 0. The molecular weight excluding hydrogens is 250 g/mol. The summed E-state index contributed by atoms with van der Waals surface area (Å²) in [6, 6.07) is 9.91. The van der Waals surface area contributed by atoms with Crippen molar-refractivity contribution in [2.45, 2.75) is 31.3 Å². The van der Waals surface area contributed by atoms with Crippen LogP contribution in [0.25, 0.3) is 0 Å². The molecule has 1 fully saturated rings. The standard InChI is InChI=1S/C16H25N3O/c1-16(17,13-7-5-4-6-8-13)15(20)19(3)14-9-11-18(2)12-10-14/h4-8,14H,9-12,17H2,1-3H3. The van der Waals surface area contributed by atoms with E-state index in [-0.39, 0.29) is 5.91 Å². The van der Waals surface area contributed by atoms with E-state index in [4.69, 9.17) is 5.73 Å². The zero-order valence-corrected chi connectivity index (χ0v) is 12.7. The number of likely N-dealkylation sites (tertiary alicyclic amines) is 1. The fraction of sp³-hybridized carbons (Fsp3) is 0.562. The summed E-state index contributed by atoms with van der Waals surface area (Å²) in [6.07, 6.45) is 2.03. The minimum absolute atomic E-state index is 0.00162. The molecule has 4 nitrogen and oxygen atoms in total. The Morgan fingerprint density at radius 3 is 2.40 bits per heavy atom. The second-order valence-electron chi connectivity index (χ2n) is 6.02. The lowest BCUT2D eigenvalue weighted by molar-refractivity contribution is -0.138. The van der Waals surface area contributed by atoms with Crippen LogP contribution in [-0.4, -0.2) is 48.9 Å². The molecule has 0 bridgehead atoms. The van der Waals surface area contributed by atoms with Gasteiger partial charge < -0.3 is 15.5 Å². The summed E-state index contributed by atoms with van der Waals surface area (Å²) in [4.78, 5) is 16.9. The predicted molar refractivity (Wildman–Crippen MR) is 81.3 cm³/mol. The van der Waals surface area contributed by atoms with Crippen LogP contribution in [0.2, 0.25) is 0 Å². The number of hydrogen-bond donors (Lipinski definition) is 1. The van der Waals surface area contributed by atoms with E-state index in [1.165, 1.54) is 0 Å². The van der Waals surface area contributed by atoms with Crippen LogP contribution in [0, 0.1) is 0 Å². The molecule has 1 amide bonds. The molecule has 4 heteroatoms. The Bertz CT molecular complexity index is 450. The molecule has 0 radical (unpaired) electrons. The maximum absolute atomic E-state index is 12.7. The van der Waals surface area contributed by atoms with Crippen molar-refractivity contribution in [1.29, 1.82) is 0 Å². The first-order valence-electron chi connectivity index (χ1n) is 7.23. The number of rotatable bonds is 3. The minimum atomic E-state index is -0.959. The normalized spacial score (nSPS) is 20.4. The first-order valence-corrected chi connectivity index (χ1v) is 7.23. The monoisotopic (exact) mass is 275 g/mol. The molecule has 1 aromatic rings. The van der Waals surface area contributed by atoms with Gasteiger partial charge in [-0.15, -0.1) is 0 Å². The van der Waals surface area contributed by atoms with Gasteiger partial charge in [-0.1, -0.05) is 30.3 Å². The molecule has 2 N–H and O–H groups in total. The molecular formula is C16H25N3O. The first kappa shape index (κ1) is 15.0. The van der Waals surface area contributed by atoms with Crippen LogP contribution in [0.5, 0.6) is 0 Å². The van der Waals surface area contributed by atoms with Gasteiger partial charge in [-0.25, -0.2) is 0 Å².